The van der Waals surface area contributed by atoms with Crippen LogP contribution < -0.4 is 10.2 Å². The molecule has 1 saturated heterocycles. The van der Waals surface area contributed by atoms with Crippen molar-refractivity contribution in [3.05, 3.63) is 83.6 Å². The summed E-state index contributed by atoms with van der Waals surface area (Å²) in [4.78, 5) is 17.9. The fraction of sp³-hybridized carbons (Fsp3) is 0.353. The topological polar surface area (TPSA) is 82.7 Å². The Bertz CT molecular complexity index is 1600. The first-order chi connectivity index (χ1) is 20.2. The number of rotatable bonds is 6. The van der Waals surface area contributed by atoms with E-state index in [0.717, 1.165) is 46.2 Å². The quantitative estimate of drug-likeness (QED) is 0.271. The Hall–Kier alpha value is -4.16. The van der Waals surface area contributed by atoms with Crippen molar-refractivity contribution < 1.29 is 14.3 Å². The molecule has 0 bridgehead atoms. The van der Waals surface area contributed by atoms with Gasteiger partial charge in [-0.3, -0.25) is 10.00 Å². The lowest BCUT2D eigenvalue weighted by molar-refractivity contribution is -0.0575. The van der Waals surface area contributed by atoms with Gasteiger partial charge in [0.25, 0.3) is 0 Å². The number of ether oxygens (including phenoxy) is 2. The fourth-order valence-corrected chi connectivity index (χ4v) is 5.18. The number of aromatic amines is 1. The van der Waals surface area contributed by atoms with Gasteiger partial charge in [-0.05, 0) is 47.1 Å². The van der Waals surface area contributed by atoms with E-state index in [1.54, 1.807) is 24.3 Å². The van der Waals surface area contributed by atoms with Gasteiger partial charge in [0.2, 0.25) is 0 Å². The first-order valence-electron chi connectivity index (χ1n) is 14.3. The Balaban J connectivity index is 1.42. The normalized spacial score (nSPS) is 15.7. The second-order valence-electron chi connectivity index (χ2n) is 11.7. The number of hydrogen-bond donors (Lipinski definition) is 2. The summed E-state index contributed by atoms with van der Waals surface area (Å²) in [5.74, 6) is 7.29. The molecule has 4 aromatic rings. The molecule has 2 amide bonds. The summed E-state index contributed by atoms with van der Waals surface area (Å²) in [6.45, 7) is 12.1. The van der Waals surface area contributed by atoms with Crippen LogP contribution in [0.4, 0.5) is 22.0 Å². The van der Waals surface area contributed by atoms with E-state index in [0.29, 0.717) is 31.3 Å². The lowest BCUT2D eigenvalue weighted by Gasteiger charge is -2.31. The summed E-state index contributed by atoms with van der Waals surface area (Å²) in [5, 5.41) is 12.2. The Morgan fingerprint density at radius 1 is 1.17 bits per heavy atom. The number of H-pyrrole nitrogens is 1. The SMILES string of the molecule is COCC1CN(CC#Cc2ccc(NC(=O)N(c3ccn[nH]3)c3cc(C(C)(C)C)ccc3C)c3ccccc23)CCO1. The molecule has 1 atom stereocenters. The van der Waals surface area contributed by atoms with E-state index in [1.807, 2.05) is 43.3 Å². The number of benzene rings is 3. The summed E-state index contributed by atoms with van der Waals surface area (Å²) >= 11 is 0. The van der Waals surface area contributed by atoms with Gasteiger partial charge in [-0.1, -0.05) is 69.0 Å². The van der Waals surface area contributed by atoms with Gasteiger partial charge in [-0.25, -0.2) is 9.69 Å². The molecule has 1 unspecified atom stereocenters. The summed E-state index contributed by atoms with van der Waals surface area (Å²) in [7, 11) is 1.69. The summed E-state index contributed by atoms with van der Waals surface area (Å²) in [6, 6.07) is 19.7. The van der Waals surface area contributed by atoms with Crippen LogP contribution in [0.15, 0.2) is 66.9 Å². The number of aromatic nitrogens is 2. The zero-order valence-electron chi connectivity index (χ0n) is 25.0. The van der Waals surface area contributed by atoms with Gasteiger partial charge in [0.15, 0.2) is 0 Å². The molecule has 1 fully saturated rings. The zero-order valence-corrected chi connectivity index (χ0v) is 25.0. The molecule has 0 radical (unpaired) electrons. The number of morpholine rings is 1. The fourth-order valence-electron chi connectivity index (χ4n) is 5.18. The Morgan fingerprint density at radius 3 is 2.71 bits per heavy atom. The molecule has 8 heteroatoms. The van der Waals surface area contributed by atoms with E-state index in [4.69, 9.17) is 9.47 Å². The number of amides is 2. The monoisotopic (exact) mass is 565 g/mol. The maximum atomic E-state index is 14.0. The van der Waals surface area contributed by atoms with Crippen molar-refractivity contribution in [2.24, 2.45) is 0 Å². The van der Waals surface area contributed by atoms with Crippen molar-refractivity contribution in [2.45, 2.75) is 39.2 Å². The molecule has 2 N–H and O–H groups in total. The molecule has 0 aliphatic carbocycles. The Kier molecular flexibility index (Phi) is 8.93. The van der Waals surface area contributed by atoms with E-state index in [-0.39, 0.29) is 17.6 Å². The molecular weight excluding hydrogens is 526 g/mol. The van der Waals surface area contributed by atoms with E-state index in [1.165, 1.54) is 0 Å². The van der Waals surface area contributed by atoms with E-state index < -0.39 is 0 Å². The highest BCUT2D eigenvalue weighted by Gasteiger charge is 2.24. The predicted octanol–water partition coefficient (Wildman–Crippen LogP) is 6.24. The number of carbonyl (C=O) groups is 1. The molecule has 218 valence electrons. The largest absolute Gasteiger partial charge is 0.382 e. The highest BCUT2D eigenvalue weighted by Crippen LogP contribution is 2.34. The van der Waals surface area contributed by atoms with Gasteiger partial charge in [0, 0.05) is 37.2 Å². The highest BCUT2D eigenvalue weighted by atomic mass is 16.5. The first-order valence-corrected chi connectivity index (χ1v) is 14.3. The van der Waals surface area contributed by atoms with Crippen LogP contribution in [0.1, 0.15) is 37.5 Å². The number of aryl methyl sites for hydroxylation is 1. The molecule has 2 heterocycles. The van der Waals surface area contributed by atoms with Crippen molar-refractivity contribution in [3.63, 3.8) is 0 Å². The maximum Gasteiger partial charge on any atom is 0.332 e. The van der Waals surface area contributed by atoms with Crippen molar-refractivity contribution in [3.8, 4) is 11.8 Å². The Morgan fingerprint density at radius 2 is 1.98 bits per heavy atom. The average Bonchev–Trinajstić information content (AvgIpc) is 3.49. The van der Waals surface area contributed by atoms with Crippen LogP contribution in [-0.2, 0) is 14.9 Å². The van der Waals surface area contributed by atoms with Crippen LogP contribution in [0.25, 0.3) is 10.8 Å². The minimum atomic E-state index is -0.282. The van der Waals surface area contributed by atoms with Gasteiger partial charge in [0.1, 0.15) is 5.82 Å². The molecule has 42 heavy (non-hydrogen) atoms. The Labute approximate surface area is 248 Å². The molecule has 3 aromatic carbocycles. The third-order valence-electron chi connectivity index (χ3n) is 7.51. The average molecular weight is 566 g/mol. The van der Waals surface area contributed by atoms with E-state index >= 15 is 0 Å². The first kappa shape index (κ1) is 29.3. The molecule has 8 nitrogen and oxygen atoms in total. The van der Waals surface area contributed by atoms with Crippen molar-refractivity contribution >= 4 is 34.0 Å². The third kappa shape index (κ3) is 6.66. The zero-order chi connectivity index (χ0) is 29.7. The van der Waals surface area contributed by atoms with Crippen LogP contribution in [0, 0.1) is 18.8 Å². The smallest absolute Gasteiger partial charge is 0.332 e. The van der Waals surface area contributed by atoms with Gasteiger partial charge in [-0.2, -0.15) is 5.10 Å². The number of anilines is 3. The van der Waals surface area contributed by atoms with Crippen molar-refractivity contribution in [1.82, 2.24) is 15.1 Å². The highest BCUT2D eigenvalue weighted by molar-refractivity contribution is 6.11. The molecule has 0 saturated carbocycles. The lowest BCUT2D eigenvalue weighted by atomic mass is 9.86. The molecule has 1 aliphatic heterocycles. The van der Waals surface area contributed by atoms with Crippen molar-refractivity contribution in [1.29, 1.82) is 0 Å². The number of fused-ring (bicyclic) bond motifs is 1. The van der Waals surface area contributed by atoms with Crippen LogP contribution in [0.5, 0.6) is 0 Å². The number of nitrogens with one attached hydrogen (secondary N) is 2. The standard InChI is InChI=1S/C34H39N5O3/c1-24-12-14-26(34(2,3)4)21-31(24)39(32-16-17-35-37-32)33(40)36-30-15-13-25(28-10-6-7-11-29(28)30)9-8-18-38-19-20-42-27(22-38)23-41-5/h6-7,10-17,21,27H,18-20,22-23H2,1-5H3,(H,35,37)(H,36,40). The number of carbonyl (C=O) groups excluding carboxylic acids is 1. The summed E-state index contributed by atoms with van der Waals surface area (Å²) < 4.78 is 11.0. The van der Waals surface area contributed by atoms with Crippen LogP contribution in [-0.4, -0.2) is 67.2 Å². The van der Waals surface area contributed by atoms with Gasteiger partial charge in [0.05, 0.1) is 43.4 Å². The molecule has 5 rings (SSSR count). The summed E-state index contributed by atoms with van der Waals surface area (Å²) in [6.07, 6.45) is 1.73. The lowest BCUT2D eigenvalue weighted by Crippen LogP contribution is -2.44. The van der Waals surface area contributed by atoms with Gasteiger partial charge < -0.3 is 14.8 Å². The molecular formula is C34H39N5O3. The van der Waals surface area contributed by atoms with Crippen LogP contribution >= 0.6 is 0 Å². The minimum absolute atomic E-state index is 0.0704. The summed E-state index contributed by atoms with van der Waals surface area (Å²) in [5.41, 5.74) is 4.48. The minimum Gasteiger partial charge on any atom is -0.382 e. The second-order valence-corrected chi connectivity index (χ2v) is 11.7. The molecule has 1 aromatic heterocycles. The third-order valence-corrected chi connectivity index (χ3v) is 7.51. The number of hydrogen-bond acceptors (Lipinski definition) is 5. The predicted molar refractivity (Wildman–Crippen MR) is 169 cm³/mol. The molecule has 1 aliphatic rings. The van der Waals surface area contributed by atoms with Crippen LogP contribution in [0.2, 0.25) is 0 Å². The van der Waals surface area contributed by atoms with Crippen molar-refractivity contribution in [2.75, 3.05) is 50.2 Å². The number of urea groups is 1. The van der Waals surface area contributed by atoms with E-state index in [9.17, 15) is 4.79 Å². The van der Waals surface area contributed by atoms with Gasteiger partial charge >= 0.3 is 6.03 Å². The van der Waals surface area contributed by atoms with E-state index in [2.05, 4.69) is 71.2 Å². The molecule has 0 spiro atoms. The van der Waals surface area contributed by atoms with Gasteiger partial charge in [-0.15, -0.1) is 0 Å². The number of nitrogens with zero attached hydrogens (tertiary/aromatic N) is 3. The maximum absolute atomic E-state index is 14.0. The second kappa shape index (κ2) is 12.8. The number of methoxy groups -OCH3 is 1. The van der Waals surface area contributed by atoms with Crippen LogP contribution in [0.3, 0.4) is 0 Å².